The fraction of sp³-hybridized carbons (Fsp3) is 0.500. The van der Waals surface area contributed by atoms with Crippen molar-refractivity contribution in [1.29, 1.82) is 0 Å². The molecule has 0 aromatic heterocycles. The molecule has 114 valence electrons. The monoisotopic (exact) mass is 292 g/mol. The van der Waals surface area contributed by atoms with Crippen molar-refractivity contribution in [3.8, 4) is 0 Å². The van der Waals surface area contributed by atoms with Crippen molar-refractivity contribution >= 4 is 11.7 Å². The van der Waals surface area contributed by atoms with Crippen molar-refractivity contribution in [2.45, 2.75) is 19.3 Å². The van der Waals surface area contributed by atoms with Gasteiger partial charge in [-0.2, -0.15) is 0 Å². The van der Waals surface area contributed by atoms with Crippen LogP contribution in [-0.4, -0.2) is 54.7 Å². The molecule has 0 N–H and O–H groups in total. The van der Waals surface area contributed by atoms with Gasteiger partial charge < -0.3 is 4.90 Å². The van der Waals surface area contributed by atoms with Gasteiger partial charge in [-0.1, -0.05) is 12.1 Å². The maximum absolute atomic E-state index is 12.8. The summed E-state index contributed by atoms with van der Waals surface area (Å²) in [6.07, 6.45) is 2.40. The largest absolute Gasteiger partial charge is 0.342 e. The van der Waals surface area contributed by atoms with E-state index in [0.717, 1.165) is 31.5 Å². The second kappa shape index (κ2) is 7.31. The number of ketones is 1. The topological polar surface area (TPSA) is 40.6 Å². The first-order chi connectivity index (χ1) is 10.0. The van der Waals surface area contributed by atoms with Gasteiger partial charge in [-0.3, -0.25) is 14.5 Å². The molecule has 0 aliphatic carbocycles. The molecule has 4 nitrogen and oxygen atoms in total. The maximum Gasteiger partial charge on any atom is 0.236 e. The lowest BCUT2D eigenvalue weighted by Gasteiger charge is -2.20. The summed E-state index contributed by atoms with van der Waals surface area (Å²) in [5, 5.41) is 0. The zero-order valence-corrected chi connectivity index (χ0v) is 12.3. The highest BCUT2D eigenvalue weighted by atomic mass is 19.1. The Bertz CT molecular complexity index is 496. The molecule has 1 saturated heterocycles. The van der Waals surface area contributed by atoms with Crippen molar-refractivity contribution < 1.29 is 14.0 Å². The van der Waals surface area contributed by atoms with Crippen LogP contribution in [0.5, 0.6) is 0 Å². The van der Waals surface area contributed by atoms with Crippen LogP contribution in [-0.2, 0) is 16.0 Å². The van der Waals surface area contributed by atoms with Gasteiger partial charge in [0.2, 0.25) is 5.91 Å². The normalized spacial score (nSPS) is 14.7. The van der Waals surface area contributed by atoms with E-state index in [2.05, 4.69) is 0 Å². The van der Waals surface area contributed by atoms with Crippen LogP contribution in [0.1, 0.15) is 18.4 Å². The number of Topliss-reactive ketones (excluding diaryl/α,β-unsaturated/α-hetero) is 1. The van der Waals surface area contributed by atoms with E-state index in [1.807, 2.05) is 4.90 Å². The molecule has 1 fully saturated rings. The molecule has 0 radical (unpaired) electrons. The fourth-order valence-corrected chi connectivity index (χ4v) is 2.54. The molecule has 2 rings (SSSR count). The molecule has 1 heterocycles. The van der Waals surface area contributed by atoms with Crippen molar-refractivity contribution in [3.05, 3.63) is 35.6 Å². The van der Waals surface area contributed by atoms with Gasteiger partial charge in [0.15, 0.2) is 5.78 Å². The van der Waals surface area contributed by atoms with Gasteiger partial charge in [0.05, 0.1) is 13.1 Å². The second-order valence-corrected chi connectivity index (χ2v) is 5.60. The van der Waals surface area contributed by atoms with Gasteiger partial charge in [-0.25, -0.2) is 4.39 Å². The van der Waals surface area contributed by atoms with Crippen molar-refractivity contribution in [2.24, 2.45) is 0 Å². The van der Waals surface area contributed by atoms with Gasteiger partial charge in [-0.05, 0) is 37.6 Å². The second-order valence-electron chi connectivity index (χ2n) is 5.60. The van der Waals surface area contributed by atoms with Gasteiger partial charge >= 0.3 is 0 Å². The first kappa shape index (κ1) is 15.6. The number of rotatable bonds is 6. The van der Waals surface area contributed by atoms with E-state index in [4.69, 9.17) is 0 Å². The molecule has 0 atom stereocenters. The summed E-state index contributed by atoms with van der Waals surface area (Å²) >= 11 is 0. The molecule has 1 aliphatic heterocycles. The molecule has 1 aliphatic rings. The Balaban J connectivity index is 1.76. The SMILES string of the molecule is CN(CC(=O)Cc1ccc(F)cc1)CC(=O)N1CCCC1. The summed E-state index contributed by atoms with van der Waals surface area (Å²) in [7, 11) is 1.77. The Hall–Kier alpha value is -1.75. The molecule has 0 unspecified atom stereocenters. The number of amides is 1. The average molecular weight is 292 g/mol. The minimum Gasteiger partial charge on any atom is -0.342 e. The number of likely N-dealkylation sites (N-methyl/N-ethyl adjacent to an activating group) is 1. The van der Waals surface area contributed by atoms with Crippen LogP contribution < -0.4 is 0 Å². The molecule has 0 bridgehead atoms. The van der Waals surface area contributed by atoms with E-state index in [9.17, 15) is 14.0 Å². The molecular formula is C16H21FN2O2. The van der Waals surface area contributed by atoms with Crippen molar-refractivity contribution in [2.75, 3.05) is 33.2 Å². The highest BCUT2D eigenvalue weighted by molar-refractivity contribution is 5.84. The molecule has 21 heavy (non-hydrogen) atoms. The molecule has 1 amide bonds. The smallest absolute Gasteiger partial charge is 0.236 e. The predicted molar refractivity (Wildman–Crippen MR) is 78.4 cm³/mol. The zero-order valence-electron chi connectivity index (χ0n) is 12.3. The Kier molecular flexibility index (Phi) is 5.44. The summed E-state index contributed by atoms with van der Waals surface area (Å²) in [6.45, 7) is 2.17. The minimum atomic E-state index is -0.306. The maximum atomic E-state index is 12.8. The fourth-order valence-electron chi connectivity index (χ4n) is 2.54. The average Bonchev–Trinajstić information content (AvgIpc) is 2.95. The first-order valence-corrected chi connectivity index (χ1v) is 7.27. The van der Waals surface area contributed by atoms with E-state index in [1.54, 1.807) is 24.1 Å². The summed E-state index contributed by atoms with van der Waals surface area (Å²) in [6, 6.07) is 5.93. The molecule has 0 spiro atoms. The lowest BCUT2D eigenvalue weighted by molar-refractivity contribution is -0.131. The van der Waals surface area contributed by atoms with Crippen LogP contribution in [0.25, 0.3) is 0 Å². The third-order valence-corrected chi connectivity index (χ3v) is 3.62. The molecule has 0 saturated carbocycles. The molecule has 5 heteroatoms. The number of carbonyl (C=O) groups excluding carboxylic acids is 2. The highest BCUT2D eigenvalue weighted by Gasteiger charge is 2.19. The summed E-state index contributed by atoms with van der Waals surface area (Å²) in [4.78, 5) is 27.5. The van der Waals surface area contributed by atoms with Gasteiger partial charge in [0.1, 0.15) is 5.82 Å². The van der Waals surface area contributed by atoms with Crippen LogP contribution >= 0.6 is 0 Å². The number of carbonyl (C=O) groups is 2. The third-order valence-electron chi connectivity index (χ3n) is 3.62. The van der Waals surface area contributed by atoms with Gasteiger partial charge in [0, 0.05) is 19.5 Å². The van der Waals surface area contributed by atoms with Crippen LogP contribution in [0.2, 0.25) is 0 Å². The number of hydrogen-bond acceptors (Lipinski definition) is 3. The summed E-state index contributed by atoms with van der Waals surface area (Å²) in [5.41, 5.74) is 0.792. The Morgan fingerprint density at radius 2 is 1.76 bits per heavy atom. The van der Waals surface area contributed by atoms with Gasteiger partial charge in [-0.15, -0.1) is 0 Å². The van der Waals surface area contributed by atoms with Crippen LogP contribution in [0.3, 0.4) is 0 Å². The first-order valence-electron chi connectivity index (χ1n) is 7.27. The number of hydrogen-bond donors (Lipinski definition) is 0. The van der Waals surface area contributed by atoms with Crippen molar-refractivity contribution in [1.82, 2.24) is 9.80 Å². The number of likely N-dealkylation sites (tertiary alicyclic amines) is 1. The number of halogens is 1. The molecule has 1 aromatic rings. The molecular weight excluding hydrogens is 271 g/mol. The van der Waals surface area contributed by atoms with E-state index in [0.29, 0.717) is 0 Å². The lowest BCUT2D eigenvalue weighted by Crippen LogP contribution is -2.39. The number of nitrogens with zero attached hydrogens (tertiary/aromatic N) is 2. The predicted octanol–water partition coefficient (Wildman–Crippen LogP) is 1.49. The highest BCUT2D eigenvalue weighted by Crippen LogP contribution is 2.08. The summed E-state index contributed by atoms with van der Waals surface area (Å²) in [5.74, 6) is -0.192. The lowest BCUT2D eigenvalue weighted by atomic mass is 10.1. The third kappa shape index (κ3) is 4.93. The van der Waals surface area contributed by atoms with Gasteiger partial charge in [0.25, 0.3) is 0 Å². The summed E-state index contributed by atoms with van der Waals surface area (Å²) < 4.78 is 12.8. The van der Waals surface area contributed by atoms with E-state index < -0.39 is 0 Å². The van der Waals surface area contributed by atoms with Crippen LogP contribution in [0.15, 0.2) is 24.3 Å². The van der Waals surface area contributed by atoms with E-state index >= 15 is 0 Å². The zero-order chi connectivity index (χ0) is 15.2. The minimum absolute atomic E-state index is 0.0262. The van der Waals surface area contributed by atoms with E-state index in [-0.39, 0.29) is 37.0 Å². The van der Waals surface area contributed by atoms with Crippen LogP contribution in [0.4, 0.5) is 4.39 Å². The van der Waals surface area contributed by atoms with E-state index in [1.165, 1.54) is 12.1 Å². The standard InChI is InChI=1S/C16H21FN2O2/c1-18(12-16(21)19-8-2-3-9-19)11-15(20)10-13-4-6-14(17)7-5-13/h4-7H,2-3,8-12H2,1H3. The Morgan fingerprint density at radius 1 is 1.14 bits per heavy atom. The quantitative estimate of drug-likeness (QED) is 0.797. The number of benzene rings is 1. The van der Waals surface area contributed by atoms with Crippen molar-refractivity contribution in [3.63, 3.8) is 0 Å². The van der Waals surface area contributed by atoms with Crippen LogP contribution in [0, 0.1) is 5.82 Å². The Morgan fingerprint density at radius 3 is 2.38 bits per heavy atom. The Labute approximate surface area is 124 Å². The molecule has 1 aromatic carbocycles.